The first-order valence-electron chi connectivity index (χ1n) is 8.22. The molecule has 0 radical (unpaired) electrons. The number of carbonyl (C=O) groups is 2. The molecule has 3 rings (SSSR count). The second-order valence-electron chi connectivity index (χ2n) is 6.18. The summed E-state index contributed by atoms with van der Waals surface area (Å²) in [4.78, 5) is 25.5. The van der Waals surface area contributed by atoms with Gasteiger partial charge in [0, 0.05) is 42.2 Å². The summed E-state index contributed by atoms with van der Waals surface area (Å²) >= 11 is 0. The summed E-state index contributed by atoms with van der Waals surface area (Å²) in [7, 11) is 1.29. The van der Waals surface area contributed by atoms with Gasteiger partial charge in [-0.25, -0.2) is 4.79 Å². The summed E-state index contributed by atoms with van der Waals surface area (Å²) in [6.45, 7) is 1.34. The minimum Gasteiger partial charge on any atom is -0.485 e. The fourth-order valence-electron chi connectivity index (χ4n) is 3.70. The third-order valence-electron chi connectivity index (χ3n) is 4.69. The van der Waals surface area contributed by atoms with Gasteiger partial charge in [0.15, 0.2) is 18.1 Å². The predicted octanol–water partition coefficient (Wildman–Crippen LogP) is 2.34. The van der Waals surface area contributed by atoms with Crippen LogP contribution < -0.4 is 9.47 Å². The van der Waals surface area contributed by atoms with Crippen molar-refractivity contribution < 1.29 is 28.5 Å². The van der Waals surface area contributed by atoms with Crippen LogP contribution in [0.5, 0.6) is 11.5 Å². The molecule has 0 amide bonds. The van der Waals surface area contributed by atoms with E-state index in [2.05, 4.69) is 14.8 Å². The number of para-hydroxylation sites is 1. The Kier molecular flexibility index (Phi) is 5.18. The zero-order valence-corrected chi connectivity index (χ0v) is 14.5. The van der Waals surface area contributed by atoms with E-state index >= 15 is 0 Å². The van der Waals surface area contributed by atoms with Crippen molar-refractivity contribution in [1.29, 1.82) is 0 Å². The highest BCUT2D eigenvalue weighted by Crippen LogP contribution is 2.54. The standard InChI is InChI=1S/C17H19N3O6/c1-9(21)25-13-6-14-16(11(13)7-19-20-18)10-4-3-5-12(17(10)26-14)24-8-15(22)23-2/h3-5,11,13-14,16H,6-8H2,1-2H3. The van der Waals surface area contributed by atoms with Gasteiger partial charge in [0.05, 0.1) is 7.11 Å². The van der Waals surface area contributed by atoms with E-state index in [0.29, 0.717) is 17.9 Å². The summed E-state index contributed by atoms with van der Waals surface area (Å²) in [5, 5.41) is 3.68. The molecule has 1 aromatic carbocycles. The zero-order valence-electron chi connectivity index (χ0n) is 14.5. The minimum absolute atomic E-state index is 0.0819. The topological polar surface area (TPSA) is 120 Å². The Bertz CT molecular complexity index is 761. The van der Waals surface area contributed by atoms with Crippen LogP contribution in [0.25, 0.3) is 10.4 Å². The molecule has 4 atom stereocenters. The van der Waals surface area contributed by atoms with Crippen LogP contribution in [0.2, 0.25) is 0 Å². The number of hydrogen-bond acceptors (Lipinski definition) is 7. The van der Waals surface area contributed by atoms with Gasteiger partial charge >= 0.3 is 11.9 Å². The van der Waals surface area contributed by atoms with Crippen molar-refractivity contribution in [2.24, 2.45) is 11.0 Å². The molecule has 1 fully saturated rings. The zero-order chi connectivity index (χ0) is 18.7. The van der Waals surface area contributed by atoms with E-state index in [4.69, 9.17) is 19.7 Å². The number of benzene rings is 1. The number of methoxy groups -OCH3 is 1. The highest BCUT2D eigenvalue weighted by atomic mass is 16.6. The molecule has 2 aliphatic rings. The van der Waals surface area contributed by atoms with Crippen molar-refractivity contribution in [1.82, 2.24) is 0 Å². The van der Waals surface area contributed by atoms with Crippen LogP contribution in [0, 0.1) is 5.92 Å². The van der Waals surface area contributed by atoms with Crippen LogP contribution in [-0.4, -0.2) is 44.4 Å². The maximum absolute atomic E-state index is 11.4. The number of carbonyl (C=O) groups excluding carboxylic acids is 2. The minimum atomic E-state index is -0.489. The van der Waals surface area contributed by atoms with Crippen LogP contribution >= 0.6 is 0 Å². The molecule has 1 aromatic rings. The number of rotatable bonds is 6. The predicted molar refractivity (Wildman–Crippen MR) is 88.8 cm³/mol. The Balaban J connectivity index is 1.86. The van der Waals surface area contributed by atoms with Crippen molar-refractivity contribution in [2.75, 3.05) is 20.3 Å². The summed E-state index contributed by atoms with van der Waals surface area (Å²) in [5.74, 6) is -0.112. The highest BCUT2D eigenvalue weighted by molar-refractivity contribution is 5.71. The maximum Gasteiger partial charge on any atom is 0.343 e. The van der Waals surface area contributed by atoms with E-state index in [1.807, 2.05) is 6.07 Å². The molecule has 26 heavy (non-hydrogen) atoms. The first kappa shape index (κ1) is 17.9. The van der Waals surface area contributed by atoms with E-state index in [-0.39, 0.29) is 43.2 Å². The average molecular weight is 361 g/mol. The van der Waals surface area contributed by atoms with Crippen LogP contribution in [-0.2, 0) is 19.1 Å². The van der Waals surface area contributed by atoms with Crippen LogP contribution in [0.15, 0.2) is 23.3 Å². The quantitative estimate of drug-likeness (QED) is 0.332. The fourth-order valence-corrected chi connectivity index (χ4v) is 3.70. The molecule has 1 aliphatic heterocycles. The van der Waals surface area contributed by atoms with Crippen LogP contribution in [0.1, 0.15) is 24.8 Å². The monoisotopic (exact) mass is 361 g/mol. The van der Waals surface area contributed by atoms with Gasteiger partial charge < -0.3 is 18.9 Å². The smallest absolute Gasteiger partial charge is 0.343 e. The van der Waals surface area contributed by atoms with Gasteiger partial charge in [-0.15, -0.1) is 0 Å². The molecule has 4 unspecified atom stereocenters. The molecule has 138 valence electrons. The highest BCUT2D eigenvalue weighted by Gasteiger charge is 2.51. The number of nitrogens with zero attached hydrogens (tertiary/aromatic N) is 3. The Morgan fingerprint density at radius 2 is 2.23 bits per heavy atom. The van der Waals surface area contributed by atoms with Gasteiger partial charge in [-0.05, 0) is 11.6 Å². The number of fused-ring (bicyclic) bond motifs is 3. The fraction of sp³-hybridized carbons (Fsp3) is 0.529. The third kappa shape index (κ3) is 3.39. The van der Waals surface area contributed by atoms with Crippen LogP contribution in [0.3, 0.4) is 0 Å². The number of azide groups is 1. The molecule has 0 aromatic heterocycles. The van der Waals surface area contributed by atoms with E-state index < -0.39 is 5.97 Å². The molecule has 9 nitrogen and oxygen atoms in total. The molecule has 1 saturated carbocycles. The maximum atomic E-state index is 11.4. The second-order valence-corrected chi connectivity index (χ2v) is 6.18. The number of hydrogen-bond donors (Lipinski definition) is 0. The lowest BCUT2D eigenvalue weighted by Crippen LogP contribution is -2.26. The molecule has 0 saturated heterocycles. The Morgan fingerprint density at radius 3 is 2.92 bits per heavy atom. The van der Waals surface area contributed by atoms with Crippen molar-refractivity contribution in [2.45, 2.75) is 31.5 Å². The largest absolute Gasteiger partial charge is 0.485 e. The second kappa shape index (κ2) is 7.53. The van der Waals surface area contributed by atoms with Crippen molar-refractivity contribution in [3.05, 3.63) is 34.2 Å². The molecular weight excluding hydrogens is 342 g/mol. The summed E-state index contributed by atoms with van der Waals surface area (Å²) in [5.41, 5.74) is 9.57. The lowest BCUT2D eigenvalue weighted by Gasteiger charge is -2.22. The first-order chi connectivity index (χ1) is 12.5. The van der Waals surface area contributed by atoms with Crippen molar-refractivity contribution >= 4 is 11.9 Å². The summed E-state index contributed by atoms with van der Waals surface area (Å²) in [6, 6.07) is 5.43. The molecule has 0 N–H and O–H groups in total. The number of ether oxygens (including phenoxy) is 4. The van der Waals surface area contributed by atoms with Crippen molar-refractivity contribution in [3.63, 3.8) is 0 Å². The van der Waals surface area contributed by atoms with Gasteiger partial charge in [0.1, 0.15) is 12.2 Å². The summed E-state index contributed by atoms with van der Waals surface area (Å²) in [6.07, 6.45) is -0.0852. The van der Waals surface area contributed by atoms with Gasteiger partial charge in [-0.3, -0.25) is 4.79 Å². The van der Waals surface area contributed by atoms with Gasteiger partial charge in [-0.2, -0.15) is 0 Å². The summed E-state index contributed by atoms with van der Waals surface area (Å²) < 4.78 is 21.5. The first-order valence-corrected chi connectivity index (χ1v) is 8.22. The van der Waals surface area contributed by atoms with Crippen molar-refractivity contribution in [3.8, 4) is 11.5 Å². The Hall–Kier alpha value is -2.93. The average Bonchev–Trinajstić information content (AvgIpc) is 3.13. The van der Waals surface area contributed by atoms with Gasteiger partial charge in [-0.1, -0.05) is 17.2 Å². The molecule has 0 bridgehead atoms. The lowest BCUT2D eigenvalue weighted by molar-refractivity contribution is -0.148. The van der Waals surface area contributed by atoms with E-state index in [0.717, 1.165) is 5.56 Å². The van der Waals surface area contributed by atoms with Gasteiger partial charge in [0.25, 0.3) is 0 Å². The van der Waals surface area contributed by atoms with E-state index in [1.54, 1.807) is 12.1 Å². The molecular formula is C17H19N3O6. The molecule has 9 heteroatoms. The molecule has 1 heterocycles. The van der Waals surface area contributed by atoms with Crippen LogP contribution in [0.4, 0.5) is 0 Å². The SMILES string of the molecule is COC(=O)COc1cccc2c1OC1CC(OC(C)=O)C(CN=[N+]=[N-])C21. The van der Waals surface area contributed by atoms with Gasteiger partial charge in [0.2, 0.25) is 0 Å². The normalized spacial score (nSPS) is 25.3. The van der Waals surface area contributed by atoms with E-state index in [1.165, 1.54) is 14.0 Å². The third-order valence-corrected chi connectivity index (χ3v) is 4.69. The Labute approximate surface area is 149 Å². The molecule has 1 aliphatic carbocycles. The Morgan fingerprint density at radius 1 is 1.42 bits per heavy atom. The lowest BCUT2D eigenvalue weighted by atomic mass is 9.88. The van der Waals surface area contributed by atoms with E-state index in [9.17, 15) is 9.59 Å². The molecule has 0 spiro atoms. The number of esters is 2.